The Bertz CT molecular complexity index is 607. The van der Waals surface area contributed by atoms with Gasteiger partial charge in [0.25, 0.3) is 0 Å². The van der Waals surface area contributed by atoms with Crippen LogP contribution in [-0.4, -0.2) is 16.6 Å². The number of hydrogen-bond acceptors (Lipinski definition) is 5. The summed E-state index contributed by atoms with van der Waals surface area (Å²) in [6.45, 7) is 2.55. The van der Waals surface area contributed by atoms with Gasteiger partial charge in [0.1, 0.15) is 18.2 Å². The molecule has 2 rings (SSSR count). The molecule has 1 heterocycles. The molecule has 0 fully saturated rings. The molecule has 0 saturated carbocycles. The van der Waals surface area contributed by atoms with Crippen molar-refractivity contribution < 1.29 is 13.5 Å². The lowest BCUT2D eigenvalue weighted by Crippen LogP contribution is -2.06. The number of ether oxygens (including phenoxy) is 1. The highest BCUT2D eigenvalue weighted by molar-refractivity contribution is 5.59. The Kier molecular flexibility index (Phi) is 4.41. The molecular weight excluding hydrogens is 266 g/mol. The summed E-state index contributed by atoms with van der Waals surface area (Å²) in [6, 6.07) is 5.26. The van der Waals surface area contributed by atoms with E-state index in [0.29, 0.717) is 12.4 Å². The Morgan fingerprint density at radius 2 is 2.10 bits per heavy atom. The summed E-state index contributed by atoms with van der Waals surface area (Å²) in [6.07, 6.45) is 0. The van der Waals surface area contributed by atoms with Crippen LogP contribution in [-0.2, 0) is 11.3 Å². The first-order valence-electron chi connectivity index (χ1n) is 6.02. The third-order valence-corrected chi connectivity index (χ3v) is 2.44. The number of nitrogens with two attached hydrogens (primary N) is 1. The minimum absolute atomic E-state index is 0.0227. The molecule has 0 radical (unpaired) electrons. The lowest BCUT2D eigenvalue weighted by molar-refractivity contribution is 0.128. The maximum absolute atomic E-state index is 13.6. The zero-order chi connectivity index (χ0) is 14.5. The Morgan fingerprint density at radius 3 is 2.85 bits per heavy atom. The van der Waals surface area contributed by atoms with Crippen molar-refractivity contribution >= 4 is 17.3 Å². The fraction of sp³-hybridized carbons (Fsp3) is 0.231. The normalized spacial score (nSPS) is 10.6. The molecule has 2 aromatic rings. The highest BCUT2D eigenvalue weighted by Gasteiger charge is 2.09. The maximum Gasteiger partial charge on any atom is 0.182 e. The van der Waals surface area contributed by atoms with Gasteiger partial charge in [0.05, 0.1) is 5.69 Å². The standard InChI is InChI=1S/C13H14F2N4O/c1-2-20-7-12-18-10(16)6-11(19-12)17-9-5-3-4-8(14)13(9)15/h3-6H,2,7H2,1H3,(H3,16,17,18,19). The first-order chi connectivity index (χ1) is 9.60. The molecule has 1 aromatic heterocycles. The summed E-state index contributed by atoms with van der Waals surface area (Å²) in [7, 11) is 0. The first kappa shape index (κ1) is 14.1. The number of nitrogens with zero attached hydrogens (tertiary/aromatic N) is 2. The summed E-state index contributed by atoms with van der Waals surface area (Å²) in [4.78, 5) is 8.11. The van der Waals surface area contributed by atoms with Crippen LogP contribution in [0.4, 0.5) is 26.1 Å². The monoisotopic (exact) mass is 280 g/mol. The molecule has 0 aliphatic carbocycles. The van der Waals surface area contributed by atoms with Gasteiger partial charge >= 0.3 is 0 Å². The van der Waals surface area contributed by atoms with Crippen molar-refractivity contribution in [1.29, 1.82) is 0 Å². The predicted molar refractivity (Wildman–Crippen MR) is 71.4 cm³/mol. The Morgan fingerprint density at radius 1 is 1.30 bits per heavy atom. The molecule has 7 heteroatoms. The van der Waals surface area contributed by atoms with Crippen LogP contribution in [0.1, 0.15) is 12.7 Å². The molecule has 0 amide bonds. The SMILES string of the molecule is CCOCc1nc(N)cc(Nc2cccc(F)c2F)n1. The van der Waals surface area contributed by atoms with Gasteiger partial charge in [0.2, 0.25) is 0 Å². The summed E-state index contributed by atoms with van der Waals surface area (Å²) >= 11 is 0. The maximum atomic E-state index is 13.6. The lowest BCUT2D eigenvalue weighted by Gasteiger charge is -2.09. The van der Waals surface area contributed by atoms with Gasteiger partial charge < -0.3 is 15.8 Å². The van der Waals surface area contributed by atoms with E-state index in [1.54, 1.807) is 0 Å². The van der Waals surface area contributed by atoms with Crippen LogP contribution in [0.5, 0.6) is 0 Å². The zero-order valence-electron chi connectivity index (χ0n) is 10.9. The fourth-order valence-electron chi connectivity index (χ4n) is 1.58. The average Bonchev–Trinajstić information content (AvgIpc) is 2.41. The van der Waals surface area contributed by atoms with Crippen molar-refractivity contribution in [3.05, 3.63) is 41.7 Å². The van der Waals surface area contributed by atoms with Crippen molar-refractivity contribution in [3.8, 4) is 0 Å². The van der Waals surface area contributed by atoms with E-state index in [-0.39, 0.29) is 23.9 Å². The molecule has 0 unspecified atom stereocenters. The summed E-state index contributed by atoms with van der Waals surface area (Å²) in [5.41, 5.74) is 5.62. The van der Waals surface area contributed by atoms with Crippen LogP contribution in [0.2, 0.25) is 0 Å². The van der Waals surface area contributed by atoms with E-state index < -0.39 is 11.6 Å². The number of anilines is 3. The summed E-state index contributed by atoms with van der Waals surface area (Å²) in [5.74, 6) is -1.06. The molecule has 20 heavy (non-hydrogen) atoms. The van der Waals surface area contributed by atoms with Crippen molar-refractivity contribution in [3.63, 3.8) is 0 Å². The number of nitrogen functional groups attached to an aromatic ring is 1. The second kappa shape index (κ2) is 6.25. The van der Waals surface area contributed by atoms with Gasteiger partial charge in [-0.3, -0.25) is 0 Å². The van der Waals surface area contributed by atoms with E-state index in [2.05, 4.69) is 15.3 Å². The number of aromatic nitrogens is 2. The van der Waals surface area contributed by atoms with Gasteiger partial charge in [-0.1, -0.05) is 6.07 Å². The second-order valence-corrected chi connectivity index (χ2v) is 3.96. The van der Waals surface area contributed by atoms with Crippen LogP contribution in [0.25, 0.3) is 0 Å². The Hall–Kier alpha value is -2.28. The molecule has 0 aliphatic heterocycles. The quantitative estimate of drug-likeness (QED) is 0.880. The van der Waals surface area contributed by atoms with Gasteiger partial charge in [-0.15, -0.1) is 0 Å². The molecule has 1 aromatic carbocycles. The van der Waals surface area contributed by atoms with Crippen molar-refractivity contribution in [2.45, 2.75) is 13.5 Å². The highest BCUT2D eigenvalue weighted by Crippen LogP contribution is 2.21. The number of nitrogens with one attached hydrogen (secondary N) is 1. The Labute approximate surface area is 114 Å². The summed E-state index contributed by atoms with van der Waals surface area (Å²) < 4.78 is 31.8. The first-order valence-corrected chi connectivity index (χ1v) is 6.02. The molecule has 3 N–H and O–H groups in total. The lowest BCUT2D eigenvalue weighted by atomic mass is 10.3. The predicted octanol–water partition coefficient (Wildman–Crippen LogP) is 2.62. The van der Waals surface area contributed by atoms with Gasteiger partial charge in [0.15, 0.2) is 17.5 Å². The molecule has 106 valence electrons. The average molecular weight is 280 g/mol. The van der Waals surface area contributed by atoms with Crippen LogP contribution in [0, 0.1) is 11.6 Å². The molecule has 5 nitrogen and oxygen atoms in total. The van der Waals surface area contributed by atoms with E-state index in [4.69, 9.17) is 10.5 Å². The number of benzene rings is 1. The number of rotatable bonds is 5. The number of hydrogen-bond donors (Lipinski definition) is 2. The van der Waals surface area contributed by atoms with Gasteiger partial charge in [-0.2, -0.15) is 0 Å². The third kappa shape index (κ3) is 3.39. The highest BCUT2D eigenvalue weighted by atomic mass is 19.2. The van der Waals surface area contributed by atoms with Gasteiger partial charge in [0, 0.05) is 12.7 Å². The van der Waals surface area contributed by atoms with E-state index in [9.17, 15) is 8.78 Å². The molecule has 0 spiro atoms. The van der Waals surface area contributed by atoms with Crippen molar-refractivity contribution in [1.82, 2.24) is 9.97 Å². The van der Waals surface area contributed by atoms with Crippen LogP contribution >= 0.6 is 0 Å². The summed E-state index contributed by atoms with van der Waals surface area (Å²) in [5, 5.41) is 2.67. The van der Waals surface area contributed by atoms with E-state index in [0.717, 1.165) is 6.07 Å². The van der Waals surface area contributed by atoms with E-state index in [1.807, 2.05) is 6.92 Å². The van der Waals surface area contributed by atoms with E-state index >= 15 is 0 Å². The third-order valence-electron chi connectivity index (χ3n) is 2.44. The second-order valence-electron chi connectivity index (χ2n) is 3.96. The molecular formula is C13H14F2N4O. The minimum Gasteiger partial charge on any atom is -0.384 e. The van der Waals surface area contributed by atoms with Crippen molar-refractivity contribution in [2.75, 3.05) is 17.7 Å². The largest absolute Gasteiger partial charge is 0.384 e. The Balaban J connectivity index is 2.24. The van der Waals surface area contributed by atoms with Crippen LogP contribution in [0.15, 0.2) is 24.3 Å². The topological polar surface area (TPSA) is 73.1 Å². The molecule has 0 saturated heterocycles. The number of halogens is 2. The van der Waals surface area contributed by atoms with Crippen LogP contribution < -0.4 is 11.1 Å². The van der Waals surface area contributed by atoms with Crippen molar-refractivity contribution in [2.24, 2.45) is 0 Å². The van der Waals surface area contributed by atoms with E-state index in [1.165, 1.54) is 18.2 Å². The zero-order valence-corrected chi connectivity index (χ0v) is 10.9. The van der Waals surface area contributed by atoms with Gasteiger partial charge in [-0.05, 0) is 19.1 Å². The smallest absolute Gasteiger partial charge is 0.182 e. The van der Waals surface area contributed by atoms with Crippen LogP contribution in [0.3, 0.4) is 0 Å². The molecule has 0 atom stereocenters. The molecule has 0 aliphatic rings. The minimum atomic E-state index is -0.976. The molecule has 0 bridgehead atoms. The fourth-order valence-corrected chi connectivity index (χ4v) is 1.58. The van der Waals surface area contributed by atoms with Gasteiger partial charge in [-0.25, -0.2) is 18.7 Å².